The predicted molar refractivity (Wildman–Crippen MR) is 70.5 cm³/mol. The van der Waals surface area contributed by atoms with Crippen LogP contribution in [0, 0.1) is 5.92 Å². The first-order valence-corrected chi connectivity index (χ1v) is 6.13. The number of benzene rings is 1. The minimum Gasteiger partial charge on any atom is -0.325 e. The number of halogens is 1. The molecule has 0 aliphatic carbocycles. The van der Waals surface area contributed by atoms with Gasteiger partial charge in [0.15, 0.2) is 0 Å². The molecule has 1 aromatic rings. The Balaban J connectivity index is 2.34. The Bertz CT molecular complexity index is 353. The van der Waals surface area contributed by atoms with Crippen molar-refractivity contribution in [1.82, 2.24) is 5.32 Å². The van der Waals surface area contributed by atoms with Crippen LogP contribution in [0.15, 0.2) is 28.7 Å². The van der Waals surface area contributed by atoms with E-state index >= 15 is 0 Å². The molecule has 0 radical (unpaired) electrons. The van der Waals surface area contributed by atoms with Gasteiger partial charge in [0, 0.05) is 10.2 Å². The van der Waals surface area contributed by atoms with Gasteiger partial charge in [0.2, 0.25) is 5.91 Å². The van der Waals surface area contributed by atoms with Gasteiger partial charge in [-0.3, -0.25) is 4.79 Å². The van der Waals surface area contributed by atoms with Gasteiger partial charge in [0.05, 0.1) is 6.54 Å². The van der Waals surface area contributed by atoms with Gasteiger partial charge in [-0.2, -0.15) is 0 Å². The number of anilines is 1. The monoisotopic (exact) mass is 284 g/mol. The summed E-state index contributed by atoms with van der Waals surface area (Å²) in [7, 11) is 0. The molecular formula is C12H17BrN2O. The van der Waals surface area contributed by atoms with Crippen LogP contribution in [0.5, 0.6) is 0 Å². The molecule has 0 bridgehead atoms. The number of nitrogens with one attached hydrogen (secondary N) is 2. The van der Waals surface area contributed by atoms with Crippen molar-refractivity contribution in [3.05, 3.63) is 28.7 Å². The largest absolute Gasteiger partial charge is 0.325 e. The predicted octanol–water partition coefficient (Wildman–Crippen LogP) is 2.63. The highest BCUT2D eigenvalue weighted by atomic mass is 79.9. The number of amides is 1. The summed E-state index contributed by atoms with van der Waals surface area (Å²) in [6.07, 6.45) is 0. The molecule has 0 aromatic heterocycles. The van der Waals surface area contributed by atoms with Crippen molar-refractivity contribution in [1.29, 1.82) is 0 Å². The van der Waals surface area contributed by atoms with E-state index in [1.807, 2.05) is 24.3 Å². The minimum atomic E-state index is -0.0150. The normalized spacial score (nSPS) is 10.5. The van der Waals surface area contributed by atoms with Crippen LogP contribution in [0.1, 0.15) is 13.8 Å². The third kappa shape index (κ3) is 5.28. The lowest BCUT2D eigenvalue weighted by molar-refractivity contribution is -0.115. The van der Waals surface area contributed by atoms with Gasteiger partial charge in [-0.25, -0.2) is 0 Å². The third-order valence-corrected chi connectivity index (χ3v) is 2.44. The average molecular weight is 285 g/mol. The summed E-state index contributed by atoms with van der Waals surface area (Å²) < 4.78 is 0.959. The maximum Gasteiger partial charge on any atom is 0.238 e. The van der Waals surface area contributed by atoms with Crippen molar-refractivity contribution in [2.24, 2.45) is 5.92 Å². The molecule has 0 aliphatic rings. The Morgan fingerprint density at radius 3 is 2.81 bits per heavy atom. The lowest BCUT2D eigenvalue weighted by atomic mass is 10.2. The lowest BCUT2D eigenvalue weighted by Gasteiger charge is -2.08. The van der Waals surface area contributed by atoms with E-state index < -0.39 is 0 Å². The molecule has 1 amide bonds. The fraction of sp³-hybridized carbons (Fsp3) is 0.417. The molecule has 4 heteroatoms. The Hall–Kier alpha value is -0.870. The maximum absolute atomic E-state index is 11.5. The molecule has 1 rings (SSSR count). The topological polar surface area (TPSA) is 41.1 Å². The SMILES string of the molecule is CC(C)CNCC(=O)Nc1cccc(Br)c1. The first-order valence-electron chi connectivity index (χ1n) is 5.34. The van der Waals surface area contributed by atoms with E-state index in [1.54, 1.807) is 0 Å². The van der Waals surface area contributed by atoms with Gasteiger partial charge in [-0.15, -0.1) is 0 Å². The highest BCUT2D eigenvalue weighted by Crippen LogP contribution is 2.15. The first kappa shape index (κ1) is 13.2. The van der Waals surface area contributed by atoms with Gasteiger partial charge >= 0.3 is 0 Å². The Labute approximate surface area is 105 Å². The van der Waals surface area contributed by atoms with E-state index in [0.717, 1.165) is 16.7 Å². The molecule has 3 nitrogen and oxygen atoms in total. The van der Waals surface area contributed by atoms with E-state index in [1.165, 1.54) is 0 Å². The fourth-order valence-corrected chi connectivity index (χ4v) is 1.65. The van der Waals surface area contributed by atoms with Gasteiger partial charge in [0.25, 0.3) is 0 Å². The van der Waals surface area contributed by atoms with Crippen LogP contribution in [-0.4, -0.2) is 19.0 Å². The Kier molecular flexibility index (Phi) is 5.49. The molecule has 0 saturated carbocycles. The van der Waals surface area contributed by atoms with Crippen molar-refractivity contribution in [3.63, 3.8) is 0 Å². The molecule has 0 heterocycles. The number of hydrogen-bond acceptors (Lipinski definition) is 2. The van der Waals surface area contributed by atoms with Crippen LogP contribution in [0.2, 0.25) is 0 Å². The second-order valence-corrected chi connectivity index (χ2v) is 5.00. The average Bonchev–Trinajstić information content (AvgIpc) is 2.16. The van der Waals surface area contributed by atoms with Crippen molar-refractivity contribution in [2.75, 3.05) is 18.4 Å². The van der Waals surface area contributed by atoms with E-state index in [0.29, 0.717) is 12.5 Å². The van der Waals surface area contributed by atoms with Crippen molar-refractivity contribution >= 4 is 27.5 Å². The van der Waals surface area contributed by atoms with Gasteiger partial charge in [-0.05, 0) is 30.7 Å². The standard InChI is InChI=1S/C12H17BrN2O/c1-9(2)7-14-8-12(16)15-11-5-3-4-10(13)6-11/h3-6,9,14H,7-8H2,1-2H3,(H,15,16). The number of carbonyl (C=O) groups is 1. The van der Waals surface area contributed by atoms with Gasteiger partial charge < -0.3 is 10.6 Å². The number of carbonyl (C=O) groups excluding carboxylic acids is 1. The van der Waals surface area contributed by atoms with Crippen LogP contribution < -0.4 is 10.6 Å². The first-order chi connectivity index (χ1) is 7.58. The highest BCUT2D eigenvalue weighted by molar-refractivity contribution is 9.10. The van der Waals surface area contributed by atoms with Crippen molar-refractivity contribution in [2.45, 2.75) is 13.8 Å². The molecule has 0 fully saturated rings. The van der Waals surface area contributed by atoms with Crippen LogP contribution in [-0.2, 0) is 4.79 Å². The summed E-state index contributed by atoms with van der Waals surface area (Å²) in [5.74, 6) is 0.539. The summed E-state index contributed by atoms with van der Waals surface area (Å²) >= 11 is 3.36. The van der Waals surface area contributed by atoms with Gasteiger partial charge in [0.1, 0.15) is 0 Å². The molecule has 16 heavy (non-hydrogen) atoms. The summed E-state index contributed by atoms with van der Waals surface area (Å²) in [5.41, 5.74) is 0.811. The summed E-state index contributed by atoms with van der Waals surface area (Å²) in [5, 5.41) is 5.92. The molecule has 88 valence electrons. The third-order valence-electron chi connectivity index (χ3n) is 1.95. The zero-order chi connectivity index (χ0) is 12.0. The Morgan fingerprint density at radius 2 is 2.19 bits per heavy atom. The second kappa shape index (κ2) is 6.66. The Morgan fingerprint density at radius 1 is 1.44 bits per heavy atom. The minimum absolute atomic E-state index is 0.0150. The summed E-state index contributed by atoms with van der Waals surface area (Å²) in [6.45, 7) is 5.43. The van der Waals surface area contributed by atoms with E-state index in [4.69, 9.17) is 0 Å². The van der Waals surface area contributed by atoms with Crippen LogP contribution in [0.4, 0.5) is 5.69 Å². The summed E-state index contributed by atoms with van der Waals surface area (Å²) in [4.78, 5) is 11.5. The number of hydrogen-bond donors (Lipinski definition) is 2. The molecule has 1 aromatic carbocycles. The zero-order valence-electron chi connectivity index (χ0n) is 9.59. The second-order valence-electron chi connectivity index (χ2n) is 4.08. The molecule has 0 aliphatic heterocycles. The smallest absolute Gasteiger partial charge is 0.238 e. The van der Waals surface area contributed by atoms with E-state index in [9.17, 15) is 4.79 Å². The van der Waals surface area contributed by atoms with Crippen molar-refractivity contribution in [3.8, 4) is 0 Å². The summed E-state index contributed by atoms with van der Waals surface area (Å²) in [6, 6.07) is 7.55. The quantitative estimate of drug-likeness (QED) is 0.873. The van der Waals surface area contributed by atoms with Crippen LogP contribution in [0.25, 0.3) is 0 Å². The van der Waals surface area contributed by atoms with E-state index in [-0.39, 0.29) is 5.91 Å². The fourth-order valence-electron chi connectivity index (χ4n) is 1.25. The molecule has 0 atom stereocenters. The molecular weight excluding hydrogens is 268 g/mol. The van der Waals surface area contributed by atoms with Gasteiger partial charge in [-0.1, -0.05) is 35.8 Å². The highest BCUT2D eigenvalue weighted by Gasteiger charge is 2.02. The van der Waals surface area contributed by atoms with Crippen LogP contribution >= 0.6 is 15.9 Å². The molecule has 0 spiro atoms. The molecule has 2 N–H and O–H groups in total. The lowest BCUT2D eigenvalue weighted by Crippen LogP contribution is -2.30. The molecule has 0 saturated heterocycles. The zero-order valence-corrected chi connectivity index (χ0v) is 11.2. The number of rotatable bonds is 5. The molecule has 0 unspecified atom stereocenters. The van der Waals surface area contributed by atoms with E-state index in [2.05, 4.69) is 40.4 Å². The maximum atomic E-state index is 11.5. The van der Waals surface area contributed by atoms with Crippen LogP contribution in [0.3, 0.4) is 0 Å². The van der Waals surface area contributed by atoms with Crippen molar-refractivity contribution < 1.29 is 4.79 Å².